The van der Waals surface area contributed by atoms with E-state index < -0.39 is 4.87 Å². The van der Waals surface area contributed by atoms with Gasteiger partial charge in [0.2, 0.25) is 10.8 Å². The highest BCUT2D eigenvalue weighted by molar-refractivity contribution is 8.02. The van der Waals surface area contributed by atoms with Crippen LogP contribution in [0.3, 0.4) is 0 Å². The fourth-order valence-electron chi connectivity index (χ4n) is 3.27. The SMILES string of the molecule is CN1C(=O)C2(SCC(=O)N2c2cccc(Cl)c2)c2ccccc21. The lowest BCUT2D eigenvalue weighted by molar-refractivity contribution is -0.123. The Labute approximate surface area is 143 Å². The van der Waals surface area contributed by atoms with Crippen LogP contribution in [0.4, 0.5) is 11.4 Å². The normalized spacial score (nSPS) is 23.0. The molecule has 0 bridgehead atoms. The predicted octanol–water partition coefficient (Wildman–Crippen LogP) is 3.25. The number of amides is 2. The second kappa shape index (κ2) is 5.01. The summed E-state index contributed by atoms with van der Waals surface area (Å²) in [6, 6.07) is 14.7. The Morgan fingerprint density at radius 1 is 1.13 bits per heavy atom. The summed E-state index contributed by atoms with van der Waals surface area (Å²) in [6.07, 6.45) is 0. The number of para-hydroxylation sites is 1. The standard InChI is InChI=1S/C17H13ClN2O2S/c1-19-14-8-3-2-7-13(14)17(16(19)22)20(15(21)10-23-17)12-6-4-5-11(18)9-12/h2-9H,10H2,1H3. The Bertz CT molecular complexity index is 841. The molecule has 0 aromatic heterocycles. The Hall–Kier alpha value is -1.98. The van der Waals surface area contributed by atoms with Crippen LogP contribution in [-0.2, 0) is 14.5 Å². The van der Waals surface area contributed by atoms with Gasteiger partial charge in [-0.25, -0.2) is 0 Å². The molecule has 6 heteroatoms. The van der Waals surface area contributed by atoms with Gasteiger partial charge in [0.15, 0.2) is 0 Å². The van der Waals surface area contributed by atoms with Gasteiger partial charge in [-0.3, -0.25) is 14.5 Å². The number of rotatable bonds is 1. The van der Waals surface area contributed by atoms with Crippen molar-refractivity contribution in [2.24, 2.45) is 0 Å². The molecule has 2 amide bonds. The molecule has 2 aliphatic rings. The van der Waals surface area contributed by atoms with E-state index in [1.165, 1.54) is 11.8 Å². The predicted molar refractivity (Wildman–Crippen MR) is 92.9 cm³/mol. The van der Waals surface area contributed by atoms with Crippen molar-refractivity contribution >= 4 is 46.6 Å². The molecule has 2 aliphatic heterocycles. The van der Waals surface area contributed by atoms with E-state index in [1.807, 2.05) is 30.3 Å². The second-order valence-electron chi connectivity index (χ2n) is 5.52. The van der Waals surface area contributed by atoms with Crippen molar-refractivity contribution in [2.75, 3.05) is 22.6 Å². The summed E-state index contributed by atoms with van der Waals surface area (Å²) in [4.78, 5) is 27.9. The maximum atomic E-state index is 13.1. The third-order valence-electron chi connectivity index (χ3n) is 4.26. The van der Waals surface area contributed by atoms with Crippen LogP contribution in [0.25, 0.3) is 0 Å². The van der Waals surface area contributed by atoms with Crippen molar-refractivity contribution < 1.29 is 9.59 Å². The highest BCUT2D eigenvalue weighted by atomic mass is 35.5. The first kappa shape index (κ1) is 14.6. The number of anilines is 2. The molecular formula is C17H13ClN2O2S. The molecule has 116 valence electrons. The van der Waals surface area contributed by atoms with Gasteiger partial charge in [-0.05, 0) is 24.3 Å². The van der Waals surface area contributed by atoms with Crippen LogP contribution in [0, 0.1) is 0 Å². The molecule has 2 aromatic carbocycles. The number of hydrogen-bond acceptors (Lipinski definition) is 3. The van der Waals surface area contributed by atoms with E-state index in [0.29, 0.717) is 10.7 Å². The van der Waals surface area contributed by atoms with Gasteiger partial charge < -0.3 is 4.90 Å². The number of hydrogen-bond donors (Lipinski definition) is 0. The maximum Gasteiger partial charge on any atom is 0.268 e. The Kier molecular flexibility index (Phi) is 3.18. The van der Waals surface area contributed by atoms with Crippen LogP contribution in [-0.4, -0.2) is 24.6 Å². The van der Waals surface area contributed by atoms with E-state index in [0.717, 1.165) is 11.3 Å². The lowest BCUT2D eigenvalue weighted by Gasteiger charge is -2.32. The smallest absolute Gasteiger partial charge is 0.268 e. The topological polar surface area (TPSA) is 40.6 Å². The minimum Gasteiger partial charge on any atom is -0.312 e. The van der Waals surface area contributed by atoms with Gasteiger partial charge in [0, 0.05) is 23.3 Å². The molecule has 2 aromatic rings. The molecule has 0 radical (unpaired) electrons. The summed E-state index contributed by atoms with van der Waals surface area (Å²) < 4.78 is 0. The van der Waals surface area contributed by atoms with E-state index in [-0.39, 0.29) is 17.6 Å². The fourth-order valence-corrected chi connectivity index (χ4v) is 4.84. The molecule has 0 saturated carbocycles. The largest absolute Gasteiger partial charge is 0.312 e. The molecule has 0 aliphatic carbocycles. The van der Waals surface area contributed by atoms with Crippen LogP contribution < -0.4 is 9.80 Å². The zero-order valence-electron chi connectivity index (χ0n) is 12.3. The van der Waals surface area contributed by atoms with Crippen LogP contribution >= 0.6 is 23.4 Å². The summed E-state index contributed by atoms with van der Waals surface area (Å²) in [5.74, 6) is 0.0747. The van der Waals surface area contributed by atoms with Gasteiger partial charge in [-0.2, -0.15) is 0 Å². The fraction of sp³-hybridized carbons (Fsp3) is 0.176. The number of carbonyl (C=O) groups excluding carboxylic acids is 2. The van der Waals surface area contributed by atoms with E-state index >= 15 is 0 Å². The maximum absolute atomic E-state index is 13.1. The lowest BCUT2D eigenvalue weighted by atomic mass is 10.0. The van der Waals surface area contributed by atoms with Gasteiger partial charge >= 0.3 is 0 Å². The molecule has 23 heavy (non-hydrogen) atoms. The Morgan fingerprint density at radius 3 is 2.70 bits per heavy atom. The van der Waals surface area contributed by atoms with E-state index in [2.05, 4.69) is 0 Å². The number of thioether (sulfide) groups is 1. The second-order valence-corrected chi connectivity index (χ2v) is 7.13. The zero-order valence-corrected chi connectivity index (χ0v) is 13.9. The number of carbonyl (C=O) groups is 2. The Morgan fingerprint density at radius 2 is 1.91 bits per heavy atom. The van der Waals surface area contributed by atoms with Crippen molar-refractivity contribution in [3.63, 3.8) is 0 Å². The van der Waals surface area contributed by atoms with Crippen LogP contribution in [0.2, 0.25) is 5.02 Å². The summed E-state index contributed by atoms with van der Waals surface area (Å²) in [6.45, 7) is 0. The molecule has 4 nitrogen and oxygen atoms in total. The van der Waals surface area contributed by atoms with Crippen molar-refractivity contribution in [2.45, 2.75) is 4.87 Å². The average molecular weight is 345 g/mol. The first-order valence-corrected chi connectivity index (χ1v) is 8.52. The van der Waals surface area contributed by atoms with Crippen LogP contribution in [0.5, 0.6) is 0 Å². The summed E-state index contributed by atoms with van der Waals surface area (Å²) in [7, 11) is 1.75. The summed E-state index contributed by atoms with van der Waals surface area (Å²) >= 11 is 7.46. The number of likely N-dealkylation sites (N-methyl/N-ethyl adjacent to an activating group) is 1. The molecule has 1 saturated heterocycles. The molecule has 1 spiro atoms. The van der Waals surface area contributed by atoms with E-state index in [4.69, 9.17) is 11.6 Å². The monoisotopic (exact) mass is 344 g/mol. The molecule has 0 N–H and O–H groups in total. The van der Waals surface area contributed by atoms with Gasteiger partial charge in [-0.15, -0.1) is 11.8 Å². The van der Waals surface area contributed by atoms with Crippen molar-refractivity contribution in [3.8, 4) is 0 Å². The molecular weight excluding hydrogens is 332 g/mol. The van der Waals surface area contributed by atoms with Crippen molar-refractivity contribution in [3.05, 3.63) is 59.1 Å². The molecule has 1 unspecified atom stereocenters. The zero-order chi connectivity index (χ0) is 16.2. The minimum atomic E-state index is -1.03. The number of nitrogens with zero attached hydrogens (tertiary/aromatic N) is 2. The van der Waals surface area contributed by atoms with Crippen molar-refractivity contribution in [1.29, 1.82) is 0 Å². The van der Waals surface area contributed by atoms with Crippen LogP contribution in [0.1, 0.15) is 5.56 Å². The molecule has 1 fully saturated rings. The Balaban J connectivity index is 1.96. The summed E-state index contributed by atoms with van der Waals surface area (Å²) in [5.41, 5.74) is 2.33. The number of fused-ring (bicyclic) bond motifs is 2. The van der Waals surface area contributed by atoms with Crippen LogP contribution in [0.15, 0.2) is 48.5 Å². The molecule has 1 atom stereocenters. The highest BCUT2D eigenvalue weighted by Crippen LogP contribution is 2.55. The average Bonchev–Trinajstić information content (AvgIpc) is 3.00. The summed E-state index contributed by atoms with van der Waals surface area (Å²) in [5, 5.41) is 0.537. The molecule has 4 rings (SSSR count). The van der Waals surface area contributed by atoms with Crippen molar-refractivity contribution in [1.82, 2.24) is 0 Å². The quantitative estimate of drug-likeness (QED) is 0.797. The number of benzene rings is 2. The first-order valence-electron chi connectivity index (χ1n) is 7.16. The minimum absolute atomic E-state index is 0.0873. The van der Waals surface area contributed by atoms with E-state index in [9.17, 15) is 9.59 Å². The number of halogens is 1. The van der Waals surface area contributed by atoms with E-state index in [1.54, 1.807) is 35.0 Å². The molecule has 2 heterocycles. The third-order valence-corrected chi connectivity index (χ3v) is 5.88. The van der Waals surface area contributed by atoms with Gasteiger partial charge in [-0.1, -0.05) is 35.9 Å². The lowest BCUT2D eigenvalue weighted by Crippen LogP contribution is -2.49. The van der Waals surface area contributed by atoms with Gasteiger partial charge in [0.1, 0.15) is 0 Å². The van der Waals surface area contributed by atoms with Gasteiger partial charge in [0.25, 0.3) is 5.91 Å². The van der Waals surface area contributed by atoms with Gasteiger partial charge in [0.05, 0.1) is 11.4 Å². The highest BCUT2D eigenvalue weighted by Gasteiger charge is 2.60. The first-order chi connectivity index (χ1) is 11.1. The third kappa shape index (κ3) is 1.87.